The number of urea groups is 1. The fraction of sp³-hybridized carbons (Fsp3) is 0.133. The number of nitrogens with two attached hydrogens (primary N) is 1. The van der Waals surface area contributed by atoms with Crippen LogP contribution in [0.4, 0.5) is 21.0 Å². The van der Waals surface area contributed by atoms with Crippen molar-refractivity contribution in [2.45, 2.75) is 6.54 Å². The Kier molecular flexibility index (Phi) is 4.15. The molecule has 1 aromatic carbocycles. The van der Waals surface area contributed by atoms with Gasteiger partial charge in [-0.1, -0.05) is 6.07 Å². The van der Waals surface area contributed by atoms with E-state index in [9.17, 15) is 9.18 Å². The average Bonchev–Trinajstić information content (AvgIpc) is 2.94. The number of carbonyl (C=O) groups is 1. The van der Waals surface area contributed by atoms with Crippen molar-refractivity contribution in [2.24, 2.45) is 0 Å². The molecule has 0 aliphatic heterocycles. The van der Waals surface area contributed by atoms with Gasteiger partial charge >= 0.3 is 6.03 Å². The van der Waals surface area contributed by atoms with E-state index >= 15 is 0 Å². The van der Waals surface area contributed by atoms with E-state index in [0.717, 1.165) is 11.6 Å². The second kappa shape index (κ2) is 6.41. The van der Waals surface area contributed by atoms with Gasteiger partial charge in [-0.15, -0.1) is 0 Å². The van der Waals surface area contributed by atoms with Crippen molar-refractivity contribution in [1.29, 1.82) is 0 Å². The number of methoxy groups -OCH3 is 1. The first kappa shape index (κ1) is 15.5. The fourth-order valence-corrected chi connectivity index (χ4v) is 2.06. The lowest BCUT2D eigenvalue weighted by molar-refractivity contribution is 0.251. The van der Waals surface area contributed by atoms with E-state index in [1.807, 2.05) is 0 Å². The largest absolute Gasteiger partial charge is 0.495 e. The van der Waals surface area contributed by atoms with E-state index in [-0.39, 0.29) is 24.1 Å². The topological polar surface area (TPSA) is 115 Å². The normalized spacial score (nSPS) is 10.6. The summed E-state index contributed by atoms with van der Waals surface area (Å²) in [7, 11) is 1.40. The van der Waals surface area contributed by atoms with Gasteiger partial charge in [-0.2, -0.15) is 4.98 Å². The molecule has 0 saturated heterocycles. The molecule has 24 heavy (non-hydrogen) atoms. The zero-order chi connectivity index (χ0) is 17.1. The van der Waals surface area contributed by atoms with Crippen LogP contribution in [0, 0.1) is 5.82 Å². The molecule has 0 bridgehead atoms. The Balaban J connectivity index is 1.62. The van der Waals surface area contributed by atoms with E-state index in [1.165, 1.54) is 13.3 Å². The highest BCUT2D eigenvalue weighted by molar-refractivity contribution is 5.88. The summed E-state index contributed by atoms with van der Waals surface area (Å²) in [6.45, 7) is 0.215. The number of aromatic nitrogens is 2. The quantitative estimate of drug-likeness (QED) is 0.675. The third-order valence-corrected chi connectivity index (χ3v) is 3.21. The Morgan fingerprint density at radius 3 is 3.00 bits per heavy atom. The van der Waals surface area contributed by atoms with E-state index in [0.29, 0.717) is 11.1 Å². The van der Waals surface area contributed by atoms with Crippen molar-refractivity contribution >= 4 is 29.0 Å². The molecule has 0 saturated carbocycles. The summed E-state index contributed by atoms with van der Waals surface area (Å²) < 4.78 is 23.7. The van der Waals surface area contributed by atoms with E-state index < -0.39 is 11.8 Å². The van der Waals surface area contributed by atoms with Gasteiger partial charge in [0.05, 0.1) is 13.3 Å². The van der Waals surface area contributed by atoms with Crippen molar-refractivity contribution in [3.05, 3.63) is 41.8 Å². The molecule has 0 atom stereocenters. The van der Waals surface area contributed by atoms with Gasteiger partial charge in [0.2, 0.25) is 0 Å². The summed E-state index contributed by atoms with van der Waals surface area (Å²) in [6, 6.07) is 5.82. The van der Waals surface area contributed by atoms with E-state index in [4.69, 9.17) is 14.9 Å². The lowest BCUT2D eigenvalue weighted by Gasteiger charge is -2.08. The highest BCUT2D eigenvalue weighted by Gasteiger charge is 2.10. The zero-order valence-corrected chi connectivity index (χ0v) is 12.7. The first-order valence-electron chi connectivity index (χ1n) is 6.94. The number of halogens is 1. The lowest BCUT2D eigenvalue weighted by Crippen LogP contribution is -2.29. The smallest absolute Gasteiger partial charge is 0.320 e. The number of nitrogens with one attached hydrogen (secondary N) is 2. The van der Waals surface area contributed by atoms with Crippen LogP contribution in [0.2, 0.25) is 0 Å². The molecule has 0 aliphatic rings. The molecule has 3 aromatic rings. The number of pyridine rings is 1. The number of fused-ring (bicyclic) bond motifs is 1. The van der Waals surface area contributed by atoms with Crippen molar-refractivity contribution < 1.29 is 18.3 Å². The first-order valence-corrected chi connectivity index (χ1v) is 6.94. The zero-order valence-electron chi connectivity index (χ0n) is 12.7. The predicted octanol–water partition coefficient (Wildman–Crippen LogP) is 2.27. The third kappa shape index (κ3) is 3.35. The van der Waals surface area contributed by atoms with Crippen LogP contribution in [0.5, 0.6) is 5.75 Å². The molecular weight excluding hydrogens is 317 g/mol. The van der Waals surface area contributed by atoms with Crippen molar-refractivity contribution in [2.75, 3.05) is 18.2 Å². The molecule has 2 heterocycles. The van der Waals surface area contributed by atoms with Crippen LogP contribution >= 0.6 is 0 Å². The van der Waals surface area contributed by atoms with Crippen LogP contribution in [-0.2, 0) is 6.54 Å². The molecule has 9 heteroatoms. The molecule has 0 spiro atoms. The number of amides is 2. The molecule has 124 valence electrons. The van der Waals surface area contributed by atoms with Gasteiger partial charge in [-0.25, -0.2) is 14.2 Å². The summed E-state index contributed by atoms with van der Waals surface area (Å²) >= 11 is 0. The molecule has 4 N–H and O–H groups in total. The minimum atomic E-state index is -0.691. The monoisotopic (exact) mass is 331 g/mol. The Morgan fingerprint density at radius 1 is 1.42 bits per heavy atom. The molecule has 0 aliphatic carbocycles. The number of carbonyl (C=O) groups excluding carboxylic acids is 1. The van der Waals surface area contributed by atoms with Crippen LogP contribution < -0.4 is 21.1 Å². The SMILES string of the molecule is COc1cnc(NC(=O)NCc2ccc3oc(N)nc3c2)c(F)c1. The summed E-state index contributed by atoms with van der Waals surface area (Å²) in [4.78, 5) is 19.6. The van der Waals surface area contributed by atoms with Gasteiger partial charge in [0.15, 0.2) is 17.2 Å². The highest BCUT2D eigenvalue weighted by Crippen LogP contribution is 2.19. The van der Waals surface area contributed by atoms with Crippen LogP contribution in [0.3, 0.4) is 0 Å². The Labute approximate surface area is 135 Å². The molecular formula is C15H14FN5O3. The minimum Gasteiger partial charge on any atom is -0.495 e. The van der Waals surface area contributed by atoms with Gasteiger partial charge in [0, 0.05) is 12.6 Å². The number of anilines is 2. The van der Waals surface area contributed by atoms with Crippen molar-refractivity contribution in [1.82, 2.24) is 15.3 Å². The maximum atomic E-state index is 13.7. The van der Waals surface area contributed by atoms with Gasteiger partial charge in [-0.05, 0) is 17.7 Å². The standard InChI is InChI=1S/C15H14FN5O3/c1-23-9-5-10(16)13(18-7-9)21-15(22)19-6-8-2-3-12-11(4-8)20-14(17)24-12/h2-5,7H,6H2,1H3,(H2,17,20)(H2,18,19,21,22). The van der Waals surface area contributed by atoms with E-state index in [1.54, 1.807) is 18.2 Å². The van der Waals surface area contributed by atoms with Crippen LogP contribution in [0.15, 0.2) is 34.9 Å². The second-order valence-electron chi connectivity index (χ2n) is 4.87. The minimum absolute atomic E-state index is 0.0777. The Morgan fingerprint density at radius 2 is 2.25 bits per heavy atom. The molecule has 0 radical (unpaired) electrons. The number of rotatable bonds is 4. The first-order chi connectivity index (χ1) is 11.5. The third-order valence-electron chi connectivity index (χ3n) is 3.21. The number of nitrogen functional groups attached to an aromatic ring is 1. The summed E-state index contributed by atoms with van der Waals surface area (Å²) in [6.07, 6.45) is 1.31. The van der Waals surface area contributed by atoms with Crippen LogP contribution in [-0.4, -0.2) is 23.1 Å². The van der Waals surface area contributed by atoms with Crippen molar-refractivity contribution in [3.8, 4) is 5.75 Å². The van der Waals surface area contributed by atoms with Gasteiger partial charge in [0.1, 0.15) is 11.3 Å². The van der Waals surface area contributed by atoms with Gasteiger partial charge in [0.25, 0.3) is 6.01 Å². The van der Waals surface area contributed by atoms with Crippen LogP contribution in [0.25, 0.3) is 11.1 Å². The lowest BCUT2D eigenvalue weighted by atomic mass is 10.2. The second-order valence-corrected chi connectivity index (χ2v) is 4.87. The van der Waals surface area contributed by atoms with Gasteiger partial charge in [-0.3, -0.25) is 5.32 Å². The molecule has 2 aromatic heterocycles. The Hall–Kier alpha value is -3.36. The number of hydrogen-bond acceptors (Lipinski definition) is 6. The van der Waals surface area contributed by atoms with E-state index in [2.05, 4.69) is 20.6 Å². The number of ether oxygens (including phenoxy) is 1. The van der Waals surface area contributed by atoms with Crippen LogP contribution in [0.1, 0.15) is 5.56 Å². The molecule has 0 unspecified atom stereocenters. The maximum absolute atomic E-state index is 13.7. The maximum Gasteiger partial charge on any atom is 0.320 e. The molecule has 2 amide bonds. The molecule has 0 fully saturated rings. The highest BCUT2D eigenvalue weighted by atomic mass is 19.1. The number of oxazole rings is 1. The summed E-state index contributed by atoms with van der Waals surface area (Å²) in [5, 5.41) is 4.92. The van der Waals surface area contributed by atoms with Crippen molar-refractivity contribution in [3.63, 3.8) is 0 Å². The van der Waals surface area contributed by atoms with Gasteiger partial charge < -0.3 is 20.2 Å². The molecule has 3 rings (SSSR count). The fourth-order valence-electron chi connectivity index (χ4n) is 2.06. The number of hydrogen-bond donors (Lipinski definition) is 3. The summed E-state index contributed by atoms with van der Waals surface area (Å²) in [5.41, 5.74) is 7.41. The number of benzene rings is 1. The average molecular weight is 331 g/mol. The molecule has 8 nitrogen and oxygen atoms in total. The Bertz CT molecular complexity index is 896. The number of nitrogens with zero attached hydrogens (tertiary/aromatic N) is 2. The predicted molar refractivity (Wildman–Crippen MR) is 85.0 cm³/mol. The summed E-state index contributed by atoms with van der Waals surface area (Å²) in [5.74, 6) is -0.615.